The van der Waals surface area contributed by atoms with Crippen LogP contribution in [0.25, 0.3) is 0 Å². The number of benzene rings is 1. The van der Waals surface area contributed by atoms with E-state index in [9.17, 15) is 9.59 Å². The molecule has 0 radical (unpaired) electrons. The molecule has 2 N–H and O–H groups in total. The summed E-state index contributed by atoms with van der Waals surface area (Å²) in [5.74, 6) is -0.0654. The Kier molecular flexibility index (Phi) is 4.70. The highest BCUT2D eigenvalue weighted by molar-refractivity contribution is 5.84. The van der Waals surface area contributed by atoms with E-state index in [1.165, 1.54) is 0 Å². The van der Waals surface area contributed by atoms with Gasteiger partial charge in [-0.1, -0.05) is 30.3 Å². The molecule has 2 heterocycles. The molecule has 0 aromatic heterocycles. The van der Waals surface area contributed by atoms with E-state index in [0.717, 1.165) is 12.1 Å². The number of rotatable bonds is 2. The van der Waals surface area contributed by atoms with Gasteiger partial charge in [-0.3, -0.25) is 9.59 Å². The zero-order chi connectivity index (χ0) is 15.4. The Morgan fingerprint density at radius 2 is 2.05 bits per heavy atom. The maximum Gasteiger partial charge on any atom is 0.253 e. The van der Waals surface area contributed by atoms with Crippen LogP contribution in [0, 0.1) is 0 Å². The Labute approximate surface area is 129 Å². The highest BCUT2D eigenvalue weighted by Gasteiger charge is 2.34. The average molecular weight is 303 g/mol. The minimum absolute atomic E-state index is 0.0214. The van der Waals surface area contributed by atoms with Crippen LogP contribution >= 0.6 is 0 Å². The number of nitrogens with one attached hydrogen (secondary N) is 2. The van der Waals surface area contributed by atoms with E-state index in [4.69, 9.17) is 4.74 Å². The molecule has 3 rings (SSSR count). The van der Waals surface area contributed by atoms with E-state index in [1.807, 2.05) is 30.3 Å². The first kappa shape index (κ1) is 15.0. The summed E-state index contributed by atoms with van der Waals surface area (Å²) in [7, 11) is 0. The van der Waals surface area contributed by atoms with Crippen LogP contribution < -0.4 is 10.6 Å². The van der Waals surface area contributed by atoms with Crippen molar-refractivity contribution in [3.8, 4) is 0 Å². The smallest absolute Gasteiger partial charge is 0.253 e. The Bertz CT molecular complexity index is 529. The number of nitrogens with zero attached hydrogens (tertiary/aromatic N) is 1. The SMILES string of the molecule is O=C1CC(c2ccccc2)N(C(=O)C2CNCCO2)CCN1. The largest absolute Gasteiger partial charge is 0.366 e. The van der Waals surface area contributed by atoms with E-state index in [-0.39, 0.29) is 24.3 Å². The van der Waals surface area contributed by atoms with Crippen molar-refractivity contribution in [2.75, 3.05) is 32.8 Å². The molecule has 2 aliphatic heterocycles. The monoisotopic (exact) mass is 303 g/mol. The Balaban J connectivity index is 1.84. The molecule has 0 saturated carbocycles. The predicted molar refractivity (Wildman–Crippen MR) is 81.1 cm³/mol. The summed E-state index contributed by atoms with van der Waals surface area (Å²) >= 11 is 0. The molecule has 0 aliphatic carbocycles. The topological polar surface area (TPSA) is 70.7 Å². The zero-order valence-electron chi connectivity index (χ0n) is 12.5. The summed E-state index contributed by atoms with van der Waals surface area (Å²) in [6.45, 7) is 2.82. The maximum absolute atomic E-state index is 12.8. The molecule has 6 heteroatoms. The first-order chi connectivity index (χ1) is 10.8. The van der Waals surface area contributed by atoms with Gasteiger partial charge in [0.15, 0.2) is 0 Å². The minimum Gasteiger partial charge on any atom is -0.366 e. The van der Waals surface area contributed by atoms with E-state index >= 15 is 0 Å². The van der Waals surface area contributed by atoms with Crippen LogP contribution in [0.5, 0.6) is 0 Å². The third kappa shape index (κ3) is 3.28. The second-order valence-corrected chi connectivity index (χ2v) is 5.58. The fourth-order valence-corrected chi connectivity index (χ4v) is 2.98. The third-order valence-electron chi connectivity index (χ3n) is 4.10. The number of carbonyl (C=O) groups is 2. The fraction of sp³-hybridized carbons (Fsp3) is 0.500. The lowest BCUT2D eigenvalue weighted by Crippen LogP contribution is -2.50. The predicted octanol–water partition coefficient (Wildman–Crippen LogP) is 0.0646. The molecule has 118 valence electrons. The second kappa shape index (κ2) is 6.89. The number of morpholine rings is 1. The Morgan fingerprint density at radius 3 is 2.77 bits per heavy atom. The van der Waals surface area contributed by atoms with Crippen molar-refractivity contribution in [1.82, 2.24) is 15.5 Å². The number of hydrogen-bond donors (Lipinski definition) is 2. The average Bonchev–Trinajstić information content (AvgIpc) is 2.77. The molecule has 2 fully saturated rings. The second-order valence-electron chi connectivity index (χ2n) is 5.58. The van der Waals surface area contributed by atoms with Crippen LogP contribution in [0.1, 0.15) is 18.0 Å². The van der Waals surface area contributed by atoms with Crippen molar-refractivity contribution in [2.45, 2.75) is 18.6 Å². The summed E-state index contributed by atoms with van der Waals surface area (Å²) in [4.78, 5) is 26.5. The van der Waals surface area contributed by atoms with E-state index in [2.05, 4.69) is 10.6 Å². The van der Waals surface area contributed by atoms with Crippen molar-refractivity contribution in [3.05, 3.63) is 35.9 Å². The fourth-order valence-electron chi connectivity index (χ4n) is 2.98. The van der Waals surface area contributed by atoms with E-state index < -0.39 is 6.10 Å². The van der Waals surface area contributed by atoms with Crippen LogP contribution in [0.4, 0.5) is 0 Å². The van der Waals surface area contributed by atoms with Gasteiger partial charge in [0.25, 0.3) is 5.91 Å². The molecule has 2 saturated heterocycles. The van der Waals surface area contributed by atoms with Crippen LogP contribution in [-0.2, 0) is 14.3 Å². The normalized spacial score (nSPS) is 26.2. The molecular weight excluding hydrogens is 282 g/mol. The van der Waals surface area contributed by atoms with Crippen molar-refractivity contribution in [1.29, 1.82) is 0 Å². The zero-order valence-corrected chi connectivity index (χ0v) is 12.5. The lowest BCUT2D eigenvalue weighted by atomic mass is 10.0. The van der Waals surface area contributed by atoms with Gasteiger partial charge in [0, 0.05) is 26.2 Å². The molecule has 1 aromatic rings. The summed E-state index contributed by atoms with van der Waals surface area (Å²) < 4.78 is 5.59. The van der Waals surface area contributed by atoms with Gasteiger partial charge in [0.2, 0.25) is 5.91 Å². The van der Waals surface area contributed by atoms with Crippen LogP contribution in [0.15, 0.2) is 30.3 Å². The van der Waals surface area contributed by atoms with E-state index in [1.54, 1.807) is 4.90 Å². The number of amides is 2. The molecular formula is C16H21N3O3. The lowest BCUT2D eigenvalue weighted by molar-refractivity contribution is -0.147. The summed E-state index contributed by atoms with van der Waals surface area (Å²) in [5, 5.41) is 6.02. The van der Waals surface area contributed by atoms with Gasteiger partial charge in [-0.25, -0.2) is 0 Å². The molecule has 2 aliphatic rings. The number of hydrogen-bond acceptors (Lipinski definition) is 4. The Hall–Kier alpha value is -1.92. The summed E-state index contributed by atoms with van der Waals surface area (Å²) in [6, 6.07) is 9.48. The molecule has 1 aromatic carbocycles. The summed E-state index contributed by atoms with van der Waals surface area (Å²) in [6.07, 6.45) is -0.177. The van der Waals surface area contributed by atoms with Crippen LogP contribution in [0.3, 0.4) is 0 Å². The van der Waals surface area contributed by atoms with Crippen molar-refractivity contribution >= 4 is 11.8 Å². The minimum atomic E-state index is -0.465. The Morgan fingerprint density at radius 1 is 1.23 bits per heavy atom. The van der Waals surface area contributed by atoms with Crippen LogP contribution in [0.2, 0.25) is 0 Å². The highest BCUT2D eigenvalue weighted by atomic mass is 16.5. The van der Waals surface area contributed by atoms with Crippen molar-refractivity contribution in [2.24, 2.45) is 0 Å². The molecule has 22 heavy (non-hydrogen) atoms. The standard InChI is InChI=1S/C16H21N3O3/c20-15-10-13(12-4-2-1-3-5-12)19(8-6-18-15)16(21)14-11-17-7-9-22-14/h1-5,13-14,17H,6-11H2,(H,18,20). The molecule has 2 unspecified atom stereocenters. The van der Waals surface area contributed by atoms with Gasteiger partial charge >= 0.3 is 0 Å². The number of ether oxygens (including phenoxy) is 1. The molecule has 6 nitrogen and oxygen atoms in total. The highest BCUT2D eigenvalue weighted by Crippen LogP contribution is 2.26. The maximum atomic E-state index is 12.8. The van der Waals surface area contributed by atoms with Crippen molar-refractivity contribution < 1.29 is 14.3 Å². The first-order valence-electron chi connectivity index (χ1n) is 7.70. The van der Waals surface area contributed by atoms with Gasteiger partial charge in [-0.15, -0.1) is 0 Å². The van der Waals surface area contributed by atoms with Gasteiger partial charge in [-0.05, 0) is 5.56 Å². The molecule has 0 bridgehead atoms. The number of carbonyl (C=O) groups excluding carboxylic acids is 2. The van der Waals surface area contributed by atoms with Gasteiger partial charge in [0.05, 0.1) is 19.1 Å². The molecule has 0 spiro atoms. The van der Waals surface area contributed by atoms with Crippen LogP contribution in [-0.4, -0.2) is 55.6 Å². The lowest BCUT2D eigenvalue weighted by Gasteiger charge is -2.34. The first-order valence-corrected chi connectivity index (χ1v) is 7.70. The third-order valence-corrected chi connectivity index (χ3v) is 4.10. The quantitative estimate of drug-likeness (QED) is 0.811. The van der Waals surface area contributed by atoms with Gasteiger partial charge in [0.1, 0.15) is 6.10 Å². The van der Waals surface area contributed by atoms with Gasteiger partial charge in [-0.2, -0.15) is 0 Å². The summed E-state index contributed by atoms with van der Waals surface area (Å²) in [5.41, 5.74) is 0.983. The van der Waals surface area contributed by atoms with Gasteiger partial charge < -0.3 is 20.3 Å². The van der Waals surface area contributed by atoms with E-state index in [0.29, 0.717) is 26.2 Å². The molecule has 2 atom stereocenters. The van der Waals surface area contributed by atoms with Crippen molar-refractivity contribution in [3.63, 3.8) is 0 Å². The molecule has 2 amide bonds.